The van der Waals surface area contributed by atoms with E-state index in [2.05, 4.69) is 5.32 Å². The molecule has 1 heterocycles. The smallest absolute Gasteiger partial charge is 0.0992 e. The zero-order valence-electron chi connectivity index (χ0n) is 9.43. The second kappa shape index (κ2) is 5.72. The van der Waals surface area contributed by atoms with Crippen LogP contribution in [0.15, 0.2) is 6.07 Å². The summed E-state index contributed by atoms with van der Waals surface area (Å²) in [5, 5.41) is 3.41. The maximum atomic E-state index is 6.23. The molecule has 1 atom stereocenters. The van der Waals surface area contributed by atoms with Crippen LogP contribution in [-0.4, -0.2) is 7.05 Å². The molecule has 1 unspecified atom stereocenters. The number of nitrogens with one attached hydrogen (secondary N) is 1. The maximum Gasteiger partial charge on any atom is 0.0992 e. The largest absolute Gasteiger partial charge is 0.313 e. The van der Waals surface area contributed by atoms with Gasteiger partial charge in [0.05, 0.1) is 8.67 Å². The van der Waals surface area contributed by atoms with E-state index in [-0.39, 0.29) is 0 Å². The van der Waals surface area contributed by atoms with E-state index in [0.29, 0.717) is 12.0 Å². The van der Waals surface area contributed by atoms with Gasteiger partial charge in [-0.1, -0.05) is 42.5 Å². The van der Waals surface area contributed by atoms with Gasteiger partial charge in [0.1, 0.15) is 0 Å². The molecule has 1 saturated carbocycles. The van der Waals surface area contributed by atoms with E-state index in [1.165, 1.54) is 49.0 Å². The minimum atomic E-state index is 0.372. The zero-order valence-corrected chi connectivity index (χ0v) is 11.8. The molecule has 4 heteroatoms. The van der Waals surface area contributed by atoms with Crippen LogP contribution in [0.3, 0.4) is 0 Å². The summed E-state index contributed by atoms with van der Waals surface area (Å²) in [6.45, 7) is 0. The number of rotatable bonds is 3. The second-order valence-electron chi connectivity index (χ2n) is 4.44. The van der Waals surface area contributed by atoms with Crippen LogP contribution in [0.1, 0.15) is 43.7 Å². The highest BCUT2D eigenvalue weighted by molar-refractivity contribution is 7.20. The summed E-state index contributed by atoms with van der Waals surface area (Å²) in [5.41, 5.74) is 1.19. The van der Waals surface area contributed by atoms with E-state index in [0.717, 1.165) is 8.67 Å². The Morgan fingerprint density at radius 2 is 2.00 bits per heavy atom. The van der Waals surface area contributed by atoms with E-state index >= 15 is 0 Å². The summed E-state index contributed by atoms with van der Waals surface area (Å²) in [7, 11) is 2.02. The molecular formula is C12H17Cl2NS. The minimum Gasteiger partial charge on any atom is -0.313 e. The average Bonchev–Trinajstić information content (AvgIpc) is 2.61. The Hall–Kier alpha value is 0.240. The second-order valence-corrected chi connectivity index (χ2v) is 6.73. The molecule has 1 aromatic rings. The molecule has 1 aliphatic carbocycles. The molecule has 0 radical (unpaired) electrons. The van der Waals surface area contributed by atoms with Crippen LogP contribution in [0.5, 0.6) is 0 Å². The van der Waals surface area contributed by atoms with Gasteiger partial charge in [0.2, 0.25) is 0 Å². The third-order valence-corrected chi connectivity index (χ3v) is 4.97. The molecule has 1 nitrogen and oxygen atoms in total. The fraction of sp³-hybridized carbons (Fsp3) is 0.667. The fourth-order valence-corrected chi connectivity index (χ4v) is 4.23. The molecule has 2 rings (SSSR count). The number of hydrogen-bond acceptors (Lipinski definition) is 2. The Balaban J connectivity index is 2.17. The Morgan fingerprint density at radius 1 is 1.31 bits per heavy atom. The molecule has 1 N–H and O–H groups in total. The summed E-state index contributed by atoms with van der Waals surface area (Å²) in [5.74, 6) is 0.710. The third-order valence-electron chi connectivity index (χ3n) is 3.45. The summed E-state index contributed by atoms with van der Waals surface area (Å²) in [6.07, 6.45) is 6.67. The zero-order chi connectivity index (χ0) is 11.5. The lowest BCUT2D eigenvalue weighted by Crippen LogP contribution is -2.26. The van der Waals surface area contributed by atoms with Gasteiger partial charge in [-0.15, -0.1) is 11.3 Å². The molecule has 1 aliphatic rings. The summed E-state index contributed by atoms with van der Waals surface area (Å²) in [4.78, 5) is 0. The normalized spacial score (nSPS) is 19.9. The van der Waals surface area contributed by atoms with Crippen LogP contribution in [0, 0.1) is 5.92 Å². The van der Waals surface area contributed by atoms with E-state index < -0.39 is 0 Å². The first-order valence-corrected chi connectivity index (χ1v) is 7.41. The van der Waals surface area contributed by atoms with Gasteiger partial charge in [-0.05, 0) is 31.9 Å². The molecule has 1 fully saturated rings. The van der Waals surface area contributed by atoms with Crippen molar-refractivity contribution in [3.63, 3.8) is 0 Å². The minimum absolute atomic E-state index is 0.372. The Bertz CT molecular complexity index is 345. The van der Waals surface area contributed by atoms with Crippen LogP contribution >= 0.6 is 34.5 Å². The molecule has 16 heavy (non-hydrogen) atoms. The lowest BCUT2D eigenvalue weighted by molar-refractivity contribution is 0.282. The van der Waals surface area contributed by atoms with Crippen molar-refractivity contribution >= 4 is 34.5 Å². The Labute approximate surface area is 111 Å². The first kappa shape index (κ1) is 12.7. The van der Waals surface area contributed by atoms with Gasteiger partial charge in [-0.3, -0.25) is 0 Å². The van der Waals surface area contributed by atoms with Crippen molar-refractivity contribution in [3.8, 4) is 0 Å². The summed E-state index contributed by atoms with van der Waals surface area (Å²) in [6, 6.07) is 2.39. The lowest BCUT2D eigenvalue weighted by Gasteiger charge is -2.30. The van der Waals surface area contributed by atoms with Gasteiger partial charge in [-0.2, -0.15) is 0 Å². The van der Waals surface area contributed by atoms with E-state index in [1.54, 1.807) is 0 Å². The molecule has 1 aromatic heterocycles. The topological polar surface area (TPSA) is 12.0 Å². The van der Waals surface area contributed by atoms with Gasteiger partial charge in [0, 0.05) is 11.6 Å². The van der Waals surface area contributed by atoms with Gasteiger partial charge in [0.15, 0.2) is 0 Å². The van der Waals surface area contributed by atoms with E-state index in [4.69, 9.17) is 23.2 Å². The summed E-state index contributed by atoms with van der Waals surface area (Å²) >= 11 is 13.7. The van der Waals surface area contributed by atoms with E-state index in [1.807, 2.05) is 13.1 Å². The molecule has 0 aliphatic heterocycles. The van der Waals surface area contributed by atoms with E-state index in [9.17, 15) is 0 Å². The lowest BCUT2D eigenvalue weighted by atomic mass is 9.82. The van der Waals surface area contributed by atoms with Crippen LogP contribution in [0.2, 0.25) is 8.67 Å². The quantitative estimate of drug-likeness (QED) is 0.829. The molecule has 0 saturated heterocycles. The highest BCUT2D eigenvalue weighted by Crippen LogP contribution is 2.41. The monoisotopic (exact) mass is 277 g/mol. The third kappa shape index (κ3) is 2.73. The van der Waals surface area contributed by atoms with Crippen LogP contribution < -0.4 is 5.32 Å². The highest BCUT2D eigenvalue weighted by atomic mass is 35.5. The SMILES string of the molecule is CNC(c1cc(Cl)sc1Cl)C1CCCCC1. The fourth-order valence-electron chi connectivity index (χ4n) is 2.68. The van der Waals surface area contributed by atoms with Crippen LogP contribution in [0.25, 0.3) is 0 Å². The molecule has 0 amide bonds. The van der Waals surface area contributed by atoms with Gasteiger partial charge in [0.25, 0.3) is 0 Å². The number of hydrogen-bond donors (Lipinski definition) is 1. The predicted molar refractivity (Wildman–Crippen MR) is 72.7 cm³/mol. The number of thiophene rings is 1. The van der Waals surface area contributed by atoms with Crippen molar-refractivity contribution < 1.29 is 0 Å². The van der Waals surface area contributed by atoms with Crippen molar-refractivity contribution in [1.29, 1.82) is 0 Å². The molecule has 0 aromatic carbocycles. The summed E-state index contributed by atoms with van der Waals surface area (Å²) < 4.78 is 1.63. The Morgan fingerprint density at radius 3 is 2.50 bits per heavy atom. The van der Waals surface area contributed by atoms with Crippen LogP contribution in [-0.2, 0) is 0 Å². The van der Waals surface area contributed by atoms with Gasteiger partial charge < -0.3 is 5.32 Å². The standard InChI is InChI=1S/C12H17Cl2NS/c1-15-11(8-5-3-2-4-6-8)9-7-10(13)16-12(9)14/h7-8,11,15H,2-6H2,1H3. The van der Waals surface area contributed by atoms with Gasteiger partial charge in [-0.25, -0.2) is 0 Å². The highest BCUT2D eigenvalue weighted by Gasteiger charge is 2.26. The van der Waals surface area contributed by atoms with Crippen molar-refractivity contribution in [2.75, 3.05) is 7.05 Å². The molecule has 90 valence electrons. The molecular weight excluding hydrogens is 261 g/mol. The predicted octanol–water partition coefficient (Wildman–Crippen LogP) is 4.90. The van der Waals surface area contributed by atoms with Gasteiger partial charge >= 0.3 is 0 Å². The van der Waals surface area contributed by atoms with Crippen LogP contribution in [0.4, 0.5) is 0 Å². The van der Waals surface area contributed by atoms with Crippen molar-refractivity contribution in [1.82, 2.24) is 5.32 Å². The molecule has 0 spiro atoms. The maximum absolute atomic E-state index is 6.23. The van der Waals surface area contributed by atoms with Crippen molar-refractivity contribution in [2.45, 2.75) is 38.1 Å². The first-order valence-electron chi connectivity index (χ1n) is 5.84. The van der Waals surface area contributed by atoms with Crippen molar-refractivity contribution in [2.24, 2.45) is 5.92 Å². The number of halogens is 2. The molecule has 0 bridgehead atoms. The van der Waals surface area contributed by atoms with Crippen molar-refractivity contribution in [3.05, 3.63) is 20.3 Å². The Kier molecular flexibility index (Phi) is 4.54. The first-order chi connectivity index (χ1) is 7.72. The average molecular weight is 278 g/mol.